The molecule has 20 heavy (non-hydrogen) atoms. The van der Waals surface area contributed by atoms with E-state index in [1.807, 2.05) is 12.1 Å². The minimum absolute atomic E-state index is 0.0830. The molecule has 0 saturated heterocycles. The van der Waals surface area contributed by atoms with Gasteiger partial charge in [-0.25, -0.2) is 9.97 Å². The van der Waals surface area contributed by atoms with Crippen molar-refractivity contribution in [3.05, 3.63) is 59.7 Å². The van der Waals surface area contributed by atoms with E-state index in [4.69, 9.17) is 0 Å². The molecule has 0 saturated carbocycles. The zero-order valence-corrected chi connectivity index (χ0v) is 11.5. The number of nitrogens with zero attached hydrogens (tertiary/aromatic N) is 2. The summed E-state index contributed by atoms with van der Waals surface area (Å²) >= 11 is 0. The summed E-state index contributed by atoms with van der Waals surface area (Å²) in [6.45, 7) is 4.18. The Kier molecular flexibility index (Phi) is 4.35. The molecule has 0 fully saturated rings. The number of benzene rings is 1. The maximum atomic E-state index is 12.0. The van der Waals surface area contributed by atoms with Gasteiger partial charge in [-0.05, 0) is 17.5 Å². The first-order valence-electron chi connectivity index (χ1n) is 6.51. The molecule has 4 heteroatoms. The molecule has 1 aromatic carbocycles. The number of carbonyl (C=O) groups is 2. The van der Waals surface area contributed by atoms with Crippen molar-refractivity contribution in [3.8, 4) is 0 Å². The van der Waals surface area contributed by atoms with E-state index in [1.165, 1.54) is 18.0 Å². The summed E-state index contributed by atoms with van der Waals surface area (Å²) in [4.78, 5) is 31.6. The minimum Gasteiger partial charge on any atom is -0.294 e. The van der Waals surface area contributed by atoms with Gasteiger partial charge in [-0.1, -0.05) is 38.1 Å². The molecule has 1 heterocycles. The molecule has 102 valence electrons. The van der Waals surface area contributed by atoms with Gasteiger partial charge in [-0.15, -0.1) is 0 Å². The van der Waals surface area contributed by atoms with Crippen LogP contribution in [0.4, 0.5) is 0 Å². The number of aromatic nitrogens is 2. The predicted molar refractivity (Wildman–Crippen MR) is 75.8 cm³/mol. The summed E-state index contributed by atoms with van der Waals surface area (Å²) in [6.07, 6.45) is 2.77. The second-order valence-electron chi connectivity index (χ2n) is 4.87. The highest BCUT2D eigenvalue weighted by atomic mass is 16.1. The summed E-state index contributed by atoms with van der Waals surface area (Å²) in [7, 11) is 0. The van der Waals surface area contributed by atoms with E-state index in [0.29, 0.717) is 11.5 Å². The number of ketones is 2. The summed E-state index contributed by atoms with van der Waals surface area (Å²) in [5, 5.41) is 0. The lowest BCUT2D eigenvalue weighted by atomic mass is 9.99. The van der Waals surface area contributed by atoms with Gasteiger partial charge < -0.3 is 0 Å². The van der Waals surface area contributed by atoms with E-state index in [9.17, 15) is 9.59 Å². The summed E-state index contributed by atoms with van der Waals surface area (Å²) in [6, 6.07) is 8.99. The fourth-order valence-corrected chi connectivity index (χ4v) is 1.82. The first-order valence-corrected chi connectivity index (χ1v) is 6.51. The van der Waals surface area contributed by atoms with Gasteiger partial charge in [-0.3, -0.25) is 9.59 Å². The lowest BCUT2D eigenvalue weighted by Crippen LogP contribution is -2.11. The van der Waals surface area contributed by atoms with Gasteiger partial charge in [0.05, 0.1) is 6.42 Å². The molecule has 0 N–H and O–H groups in total. The smallest absolute Gasteiger partial charge is 0.207 e. The quantitative estimate of drug-likeness (QED) is 0.617. The highest BCUT2D eigenvalue weighted by Crippen LogP contribution is 2.15. The maximum Gasteiger partial charge on any atom is 0.207 e. The monoisotopic (exact) mass is 268 g/mol. The molecule has 2 rings (SSSR count). The SMILES string of the molecule is CC(C)c1ccc(C(=O)CC(=O)c2ncccn2)cc1. The van der Waals surface area contributed by atoms with E-state index >= 15 is 0 Å². The van der Waals surface area contributed by atoms with E-state index in [2.05, 4.69) is 23.8 Å². The Morgan fingerprint density at radius 3 is 2.15 bits per heavy atom. The van der Waals surface area contributed by atoms with Crippen LogP contribution < -0.4 is 0 Å². The van der Waals surface area contributed by atoms with Crippen molar-refractivity contribution in [3.63, 3.8) is 0 Å². The standard InChI is InChI=1S/C16H16N2O2/c1-11(2)12-4-6-13(7-5-12)14(19)10-15(20)16-17-8-3-9-18-16/h3-9,11H,10H2,1-2H3. The normalized spacial score (nSPS) is 10.6. The van der Waals surface area contributed by atoms with Crippen molar-refractivity contribution >= 4 is 11.6 Å². The van der Waals surface area contributed by atoms with Crippen LogP contribution in [0, 0.1) is 0 Å². The van der Waals surface area contributed by atoms with Crippen LogP contribution in [0.3, 0.4) is 0 Å². The Balaban J connectivity index is 2.07. The number of hydrogen-bond donors (Lipinski definition) is 0. The fraction of sp³-hybridized carbons (Fsp3) is 0.250. The van der Waals surface area contributed by atoms with E-state index in [0.717, 1.165) is 0 Å². The predicted octanol–water partition coefficient (Wildman–Crippen LogP) is 3.06. The van der Waals surface area contributed by atoms with Crippen molar-refractivity contribution < 1.29 is 9.59 Å². The lowest BCUT2D eigenvalue weighted by Gasteiger charge is -2.06. The van der Waals surface area contributed by atoms with Crippen molar-refractivity contribution in [2.24, 2.45) is 0 Å². The lowest BCUT2D eigenvalue weighted by molar-refractivity contribution is 0.0888. The molecule has 2 aromatic rings. The molecule has 0 unspecified atom stereocenters. The molecule has 0 bridgehead atoms. The minimum atomic E-state index is -0.358. The van der Waals surface area contributed by atoms with E-state index in [1.54, 1.807) is 18.2 Å². The Morgan fingerprint density at radius 1 is 1.00 bits per heavy atom. The number of hydrogen-bond acceptors (Lipinski definition) is 4. The van der Waals surface area contributed by atoms with Gasteiger partial charge in [0, 0.05) is 18.0 Å². The van der Waals surface area contributed by atoms with Crippen LogP contribution in [0.2, 0.25) is 0 Å². The van der Waals surface area contributed by atoms with Gasteiger partial charge in [0.15, 0.2) is 11.6 Å². The largest absolute Gasteiger partial charge is 0.294 e. The second kappa shape index (κ2) is 6.19. The van der Waals surface area contributed by atoms with Crippen LogP contribution >= 0.6 is 0 Å². The van der Waals surface area contributed by atoms with Gasteiger partial charge >= 0.3 is 0 Å². The van der Waals surface area contributed by atoms with Crippen LogP contribution in [0.25, 0.3) is 0 Å². The average molecular weight is 268 g/mol. The molecule has 0 aliphatic rings. The van der Waals surface area contributed by atoms with Gasteiger partial charge in [0.1, 0.15) is 0 Å². The Bertz CT molecular complexity index is 604. The molecule has 1 aromatic heterocycles. The molecule has 0 atom stereocenters. The zero-order chi connectivity index (χ0) is 14.5. The number of rotatable bonds is 5. The molecular weight excluding hydrogens is 252 g/mol. The third kappa shape index (κ3) is 3.35. The number of carbonyl (C=O) groups excluding carboxylic acids is 2. The van der Waals surface area contributed by atoms with Crippen LogP contribution in [0.15, 0.2) is 42.7 Å². The van der Waals surface area contributed by atoms with Gasteiger partial charge in [-0.2, -0.15) is 0 Å². The molecule has 0 aliphatic carbocycles. The fourth-order valence-electron chi connectivity index (χ4n) is 1.82. The van der Waals surface area contributed by atoms with E-state index in [-0.39, 0.29) is 23.8 Å². The summed E-state index contributed by atoms with van der Waals surface area (Å²) < 4.78 is 0. The zero-order valence-electron chi connectivity index (χ0n) is 11.5. The Labute approximate surface area is 117 Å². The molecule has 0 spiro atoms. The van der Waals surface area contributed by atoms with E-state index < -0.39 is 0 Å². The van der Waals surface area contributed by atoms with Crippen LogP contribution in [-0.2, 0) is 0 Å². The maximum absolute atomic E-state index is 12.0. The van der Waals surface area contributed by atoms with Gasteiger partial charge in [0.25, 0.3) is 0 Å². The van der Waals surface area contributed by atoms with Gasteiger partial charge in [0.2, 0.25) is 5.78 Å². The summed E-state index contributed by atoms with van der Waals surface area (Å²) in [5.74, 6) is -0.0700. The van der Waals surface area contributed by atoms with Crippen LogP contribution in [0.5, 0.6) is 0 Å². The third-order valence-electron chi connectivity index (χ3n) is 3.04. The first-order chi connectivity index (χ1) is 9.58. The van der Waals surface area contributed by atoms with Crippen molar-refractivity contribution in [2.75, 3.05) is 0 Å². The molecule has 0 radical (unpaired) electrons. The van der Waals surface area contributed by atoms with Crippen LogP contribution in [-0.4, -0.2) is 21.5 Å². The molecule has 4 nitrogen and oxygen atoms in total. The Morgan fingerprint density at radius 2 is 1.60 bits per heavy atom. The Hall–Kier alpha value is -2.36. The number of Topliss-reactive ketones (excluding diaryl/α,β-unsaturated/α-hetero) is 2. The van der Waals surface area contributed by atoms with Crippen molar-refractivity contribution in [2.45, 2.75) is 26.2 Å². The third-order valence-corrected chi connectivity index (χ3v) is 3.04. The van der Waals surface area contributed by atoms with Crippen molar-refractivity contribution in [1.29, 1.82) is 0 Å². The molecule has 0 aliphatic heterocycles. The topological polar surface area (TPSA) is 59.9 Å². The molecular formula is C16H16N2O2. The highest BCUT2D eigenvalue weighted by molar-refractivity contribution is 6.12. The van der Waals surface area contributed by atoms with Crippen LogP contribution in [0.1, 0.15) is 52.7 Å². The highest BCUT2D eigenvalue weighted by Gasteiger charge is 2.15. The van der Waals surface area contributed by atoms with Crippen molar-refractivity contribution in [1.82, 2.24) is 9.97 Å². The first kappa shape index (κ1) is 14.1. The average Bonchev–Trinajstić information content (AvgIpc) is 2.48. The second-order valence-corrected chi connectivity index (χ2v) is 4.87. The summed E-state index contributed by atoms with van der Waals surface area (Å²) in [5.41, 5.74) is 1.71. The molecule has 0 amide bonds.